The molecule has 0 fully saturated rings. The van der Waals surface area contributed by atoms with Gasteiger partial charge in [-0.3, -0.25) is 0 Å². The first-order valence-electron chi connectivity index (χ1n) is 8.80. The lowest BCUT2D eigenvalue weighted by Crippen LogP contribution is -2.35. The van der Waals surface area contributed by atoms with Gasteiger partial charge in [-0.2, -0.15) is 0 Å². The first-order chi connectivity index (χ1) is 13.1. The van der Waals surface area contributed by atoms with Gasteiger partial charge in [0, 0.05) is 22.5 Å². The number of nitrogens with zero attached hydrogens (tertiary/aromatic N) is 2. The van der Waals surface area contributed by atoms with Gasteiger partial charge in [0.1, 0.15) is 5.01 Å². The maximum absolute atomic E-state index is 12.8. The van der Waals surface area contributed by atoms with Gasteiger partial charge in [0.15, 0.2) is 5.69 Å². The number of anilines is 1. The Morgan fingerprint density at radius 2 is 2.00 bits per heavy atom. The molecule has 8 heteroatoms. The van der Waals surface area contributed by atoms with E-state index < -0.39 is 5.97 Å². The molecule has 2 amide bonds. The van der Waals surface area contributed by atoms with Crippen molar-refractivity contribution in [3.8, 4) is 0 Å². The molecule has 146 valence electrons. The number of benzene rings is 1. The molecule has 0 saturated carbocycles. The summed E-state index contributed by atoms with van der Waals surface area (Å²) >= 11 is 3.01. The molecule has 2 rings (SSSR count). The highest BCUT2D eigenvalue weighted by molar-refractivity contribution is 7.98. The molecule has 0 unspecified atom stereocenters. The van der Waals surface area contributed by atoms with Gasteiger partial charge in [0.2, 0.25) is 0 Å². The number of hydrogen-bond acceptors (Lipinski definition) is 6. The van der Waals surface area contributed by atoms with Crippen LogP contribution in [0.3, 0.4) is 0 Å². The van der Waals surface area contributed by atoms with Crippen LogP contribution in [-0.4, -0.2) is 41.8 Å². The van der Waals surface area contributed by atoms with Crippen molar-refractivity contribution >= 4 is 40.8 Å². The van der Waals surface area contributed by atoms with Crippen LogP contribution in [0, 0.1) is 0 Å². The number of rotatable bonds is 9. The molecule has 0 bridgehead atoms. The Morgan fingerprint density at radius 1 is 1.26 bits per heavy atom. The van der Waals surface area contributed by atoms with Crippen LogP contribution in [0.2, 0.25) is 0 Å². The number of amides is 2. The fraction of sp³-hybridized carbons (Fsp3) is 0.421. The van der Waals surface area contributed by atoms with Crippen molar-refractivity contribution in [1.29, 1.82) is 0 Å². The minimum absolute atomic E-state index is 0.169. The number of ether oxygens (including phenoxy) is 1. The normalized spacial score (nSPS) is 10.5. The molecule has 0 spiro atoms. The van der Waals surface area contributed by atoms with E-state index in [9.17, 15) is 9.59 Å². The van der Waals surface area contributed by atoms with Gasteiger partial charge in [-0.05, 0) is 36.9 Å². The van der Waals surface area contributed by atoms with Crippen LogP contribution >= 0.6 is 23.1 Å². The Kier molecular flexibility index (Phi) is 8.60. The fourth-order valence-electron chi connectivity index (χ4n) is 2.43. The van der Waals surface area contributed by atoms with Crippen molar-refractivity contribution in [2.75, 3.05) is 25.2 Å². The standard InChI is InChI=1S/C19H25N3O3S2/c1-4-5-6-11-22(12-17-21-16(13-27-17)18(23)25-2)19(24)20-14-7-9-15(26-3)10-8-14/h7-10,13H,4-6,11-12H2,1-3H3,(H,20,24). The lowest BCUT2D eigenvalue weighted by molar-refractivity contribution is 0.0594. The van der Waals surface area contributed by atoms with Crippen molar-refractivity contribution < 1.29 is 14.3 Å². The number of carbonyl (C=O) groups excluding carboxylic acids is 2. The minimum Gasteiger partial charge on any atom is -0.464 e. The zero-order chi connectivity index (χ0) is 19.6. The number of aromatic nitrogens is 1. The average molecular weight is 408 g/mol. The van der Waals surface area contributed by atoms with Gasteiger partial charge < -0.3 is 15.0 Å². The Balaban J connectivity index is 2.06. The molecule has 1 aromatic heterocycles. The monoisotopic (exact) mass is 407 g/mol. The van der Waals surface area contributed by atoms with E-state index in [0.29, 0.717) is 18.1 Å². The highest BCUT2D eigenvalue weighted by atomic mass is 32.2. The lowest BCUT2D eigenvalue weighted by atomic mass is 10.2. The van der Waals surface area contributed by atoms with Gasteiger partial charge in [-0.15, -0.1) is 23.1 Å². The van der Waals surface area contributed by atoms with Crippen LogP contribution in [0.15, 0.2) is 34.5 Å². The number of thioether (sulfide) groups is 1. The highest BCUT2D eigenvalue weighted by Crippen LogP contribution is 2.19. The van der Waals surface area contributed by atoms with Crippen LogP contribution in [0.25, 0.3) is 0 Å². The van der Waals surface area contributed by atoms with Gasteiger partial charge in [-0.1, -0.05) is 19.8 Å². The lowest BCUT2D eigenvalue weighted by Gasteiger charge is -2.22. The Labute approximate surface area is 168 Å². The van der Waals surface area contributed by atoms with Gasteiger partial charge >= 0.3 is 12.0 Å². The number of carbonyl (C=O) groups is 2. The van der Waals surface area contributed by atoms with Crippen LogP contribution in [-0.2, 0) is 11.3 Å². The zero-order valence-electron chi connectivity index (χ0n) is 15.9. The zero-order valence-corrected chi connectivity index (χ0v) is 17.5. The number of unbranched alkanes of at least 4 members (excludes halogenated alkanes) is 2. The second kappa shape index (κ2) is 10.9. The highest BCUT2D eigenvalue weighted by Gasteiger charge is 2.17. The van der Waals surface area contributed by atoms with Crippen molar-refractivity contribution in [1.82, 2.24) is 9.88 Å². The molecule has 1 N–H and O–H groups in total. The fourth-order valence-corrected chi connectivity index (χ4v) is 3.61. The molecule has 1 heterocycles. The van der Waals surface area contributed by atoms with E-state index in [1.54, 1.807) is 22.0 Å². The molecule has 0 aliphatic heterocycles. The minimum atomic E-state index is -0.464. The van der Waals surface area contributed by atoms with Crippen LogP contribution in [0.5, 0.6) is 0 Å². The van der Waals surface area contributed by atoms with E-state index in [1.165, 1.54) is 18.4 Å². The van der Waals surface area contributed by atoms with Crippen LogP contribution in [0.4, 0.5) is 10.5 Å². The first kappa shape index (κ1) is 21.2. The third-order valence-corrected chi connectivity index (χ3v) is 5.51. The van der Waals surface area contributed by atoms with E-state index >= 15 is 0 Å². The molecule has 6 nitrogen and oxygen atoms in total. The van der Waals surface area contributed by atoms with Gasteiger partial charge in [0.25, 0.3) is 0 Å². The summed E-state index contributed by atoms with van der Waals surface area (Å²) in [5, 5.41) is 5.31. The molecular weight excluding hydrogens is 382 g/mol. The number of nitrogens with one attached hydrogen (secondary N) is 1. The van der Waals surface area contributed by atoms with Gasteiger partial charge in [0.05, 0.1) is 13.7 Å². The second-order valence-electron chi connectivity index (χ2n) is 5.91. The Hall–Kier alpha value is -2.06. The van der Waals surface area contributed by atoms with E-state index in [-0.39, 0.29) is 11.7 Å². The predicted molar refractivity (Wildman–Crippen MR) is 111 cm³/mol. The van der Waals surface area contributed by atoms with Crippen molar-refractivity contribution in [2.24, 2.45) is 0 Å². The summed E-state index contributed by atoms with van der Waals surface area (Å²) in [7, 11) is 1.33. The van der Waals surface area contributed by atoms with Crippen molar-refractivity contribution in [3.63, 3.8) is 0 Å². The molecule has 2 aromatic rings. The molecule has 1 aromatic carbocycles. The number of hydrogen-bond donors (Lipinski definition) is 1. The largest absolute Gasteiger partial charge is 0.464 e. The van der Waals surface area contributed by atoms with Crippen LogP contribution < -0.4 is 5.32 Å². The summed E-state index contributed by atoms with van der Waals surface area (Å²) in [6.45, 7) is 3.12. The molecule has 0 aliphatic rings. The summed E-state index contributed by atoms with van der Waals surface area (Å²) in [5.74, 6) is -0.464. The number of thiazole rings is 1. The van der Waals surface area contributed by atoms with E-state index in [1.807, 2.05) is 30.5 Å². The maximum atomic E-state index is 12.8. The molecule has 0 aliphatic carbocycles. The predicted octanol–water partition coefficient (Wildman–Crippen LogP) is 4.88. The van der Waals surface area contributed by atoms with Crippen LogP contribution in [0.1, 0.15) is 41.7 Å². The summed E-state index contributed by atoms with van der Waals surface area (Å²) in [4.78, 5) is 31.5. The third kappa shape index (κ3) is 6.55. The summed E-state index contributed by atoms with van der Waals surface area (Å²) in [6.07, 6.45) is 5.07. The second-order valence-corrected chi connectivity index (χ2v) is 7.73. The first-order valence-corrected chi connectivity index (χ1v) is 10.9. The van der Waals surface area contributed by atoms with Crippen molar-refractivity contribution in [3.05, 3.63) is 40.3 Å². The number of esters is 1. The van der Waals surface area contributed by atoms with Crippen molar-refractivity contribution in [2.45, 2.75) is 37.6 Å². The average Bonchev–Trinajstić information content (AvgIpc) is 3.16. The molecule has 0 saturated heterocycles. The SMILES string of the molecule is CCCCCN(Cc1nc(C(=O)OC)cs1)C(=O)Nc1ccc(SC)cc1. The quantitative estimate of drug-likeness (QED) is 0.364. The van der Waals surface area contributed by atoms with E-state index in [2.05, 4.69) is 22.0 Å². The van der Waals surface area contributed by atoms with Gasteiger partial charge in [-0.25, -0.2) is 14.6 Å². The third-order valence-electron chi connectivity index (χ3n) is 3.93. The molecule has 0 atom stereocenters. The molecular formula is C19H25N3O3S2. The molecule has 27 heavy (non-hydrogen) atoms. The summed E-state index contributed by atoms with van der Waals surface area (Å²) in [5.41, 5.74) is 1.03. The topological polar surface area (TPSA) is 71.5 Å². The Bertz CT molecular complexity index is 747. The summed E-state index contributed by atoms with van der Waals surface area (Å²) < 4.78 is 4.69. The summed E-state index contributed by atoms with van der Waals surface area (Å²) in [6, 6.07) is 7.58. The van der Waals surface area contributed by atoms with E-state index in [0.717, 1.165) is 29.8 Å². The Morgan fingerprint density at radius 3 is 2.63 bits per heavy atom. The van der Waals surface area contributed by atoms with E-state index in [4.69, 9.17) is 0 Å². The number of urea groups is 1. The maximum Gasteiger partial charge on any atom is 0.357 e. The number of methoxy groups -OCH3 is 1. The smallest absolute Gasteiger partial charge is 0.357 e. The molecule has 0 radical (unpaired) electrons.